The normalized spacial score (nSPS) is 30.0. The molecular weight excluding hydrogens is 341 g/mol. The highest BCUT2D eigenvalue weighted by atomic mass is 35.5. The van der Waals surface area contributed by atoms with Gasteiger partial charge < -0.3 is 0 Å². The number of rotatable bonds is 0. The summed E-state index contributed by atoms with van der Waals surface area (Å²) in [6, 6.07) is 0. The van der Waals surface area contributed by atoms with Gasteiger partial charge in [-0.15, -0.1) is 11.8 Å². The van der Waals surface area contributed by atoms with Crippen molar-refractivity contribution in [1.82, 2.24) is 0 Å². The van der Waals surface area contributed by atoms with E-state index in [1.165, 1.54) is 11.8 Å². The maximum Gasteiger partial charge on any atom is 0.199 e. The van der Waals surface area contributed by atoms with Crippen LogP contribution in [0, 0.1) is 0 Å². The van der Waals surface area contributed by atoms with E-state index in [2.05, 4.69) is 0 Å². The van der Waals surface area contributed by atoms with Gasteiger partial charge in [0.1, 0.15) is 0 Å². The Bertz CT molecular complexity index is 205. The molecule has 0 unspecified atom stereocenters. The first kappa shape index (κ1) is 15.1. The second-order valence-electron chi connectivity index (χ2n) is 3.45. The largest absolute Gasteiger partial charge is 0.199 e. The molecule has 1 fully saturated rings. The van der Waals surface area contributed by atoms with Gasteiger partial charge in [0.15, 0.2) is 12.3 Å². The van der Waals surface area contributed by atoms with Gasteiger partial charge >= 0.3 is 0 Å². The Morgan fingerprint density at radius 3 is 2.00 bits per heavy atom. The number of thioether (sulfide) groups is 1. The van der Waals surface area contributed by atoms with Crippen LogP contribution in [0.5, 0.6) is 0 Å². The fraction of sp³-hybridized carbons (Fsp3) is 1.00. The highest BCUT2D eigenvalue weighted by molar-refractivity contribution is 8.03. The highest BCUT2D eigenvalue weighted by Crippen LogP contribution is 2.60. The molecule has 0 atom stereocenters. The average molecular weight is 351 g/mol. The molecular formula is C8H10Cl6S. The van der Waals surface area contributed by atoms with Crippen molar-refractivity contribution < 1.29 is 0 Å². The molecule has 1 heterocycles. The summed E-state index contributed by atoms with van der Waals surface area (Å²) in [5.74, 6) is 0.790. The van der Waals surface area contributed by atoms with Gasteiger partial charge in [0, 0.05) is 0 Å². The van der Waals surface area contributed by atoms with Crippen molar-refractivity contribution in [2.45, 2.75) is 38.0 Å². The Hall–Kier alpha value is 2.09. The Morgan fingerprint density at radius 1 is 0.800 bits per heavy atom. The SMILES string of the molecule is ClC1(Cl)CCCCCSC(Cl)(Cl)C1(Cl)Cl. The second-order valence-corrected chi connectivity index (χ2v) is 9.35. The van der Waals surface area contributed by atoms with Crippen LogP contribution in [0.3, 0.4) is 0 Å². The molecule has 0 aromatic carbocycles. The standard InChI is InChI=1S/C8H10Cl6S/c9-6(10)4-2-1-3-5-15-8(13,14)7(6,11)12/h1-5H2. The van der Waals surface area contributed by atoms with Crippen LogP contribution >= 0.6 is 81.4 Å². The van der Waals surface area contributed by atoms with Gasteiger partial charge in [-0.3, -0.25) is 0 Å². The van der Waals surface area contributed by atoms with E-state index in [9.17, 15) is 0 Å². The van der Waals surface area contributed by atoms with Crippen LogP contribution in [0.4, 0.5) is 0 Å². The van der Waals surface area contributed by atoms with Gasteiger partial charge in [0.25, 0.3) is 0 Å². The minimum atomic E-state index is -1.60. The molecule has 0 radical (unpaired) electrons. The first-order chi connectivity index (χ1) is 6.71. The molecule has 0 amide bonds. The van der Waals surface area contributed by atoms with Gasteiger partial charge in [-0.1, -0.05) is 82.4 Å². The van der Waals surface area contributed by atoms with Crippen molar-refractivity contribution in [2.24, 2.45) is 0 Å². The minimum absolute atomic E-state index is 0.477. The summed E-state index contributed by atoms with van der Waals surface area (Å²) in [6.45, 7) is 0. The summed E-state index contributed by atoms with van der Waals surface area (Å²) in [7, 11) is 0. The smallest absolute Gasteiger partial charge is 0.120 e. The zero-order chi connectivity index (χ0) is 11.7. The zero-order valence-electron chi connectivity index (χ0n) is 7.71. The van der Waals surface area contributed by atoms with Crippen LogP contribution in [-0.4, -0.2) is 18.1 Å². The lowest BCUT2D eigenvalue weighted by molar-refractivity contribution is 0.572. The monoisotopic (exact) mass is 348 g/mol. The lowest BCUT2D eigenvalue weighted by Gasteiger charge is -2.39. The Labute approximate surface area is 124 Å². The fourth-order valence-corrected chi connectivity index (χ4v) is 4.41. The van der Waals surface area contributed by atoms with Crippen molar-refractivity contribution in [2.75, 3.05) is 5.75 Å². The van der Waals surface area contributed by atoms with Crippen LogP contribution in [0.25, 0.3) is 0 Å². The summed E-state index contributed by atoms with van der Waals surface area (Å²) in [6.07, 6.45) is 3.35. The molecule has 0 aliphatic carbocycles. The molecule has 0 saturated carbocycles. The van der Waals surface area contributed by atoms with E-state index in [1.54, 1.807) is 0 Å². The Kier molecular flexibility index (Phi) is 5.44. The van der Waals surface area contributed by atoms with Crippen LogP contribution < -0.4 is 0 Å². The Morgan fingerprint density at radius 2 is 1.40 bits per heavy atom. The minimum Gasteiger partial charge on any atom is -0.120 e. The van der Waals surface area contributed by atoms with E-state index in [4.69, 9.17) is 69.6 Å². The molecule has 0 spiro atoms. The number of halogens is 6. The quantitative estimate of drug-likeness (QED) is 0.499. The van der Waals surface area contributed by atoms with Crippen molar-refractivity contribution in [3.8, 4) is 0 Å². The van der Waals surface area contributed by atoms with Crippen LogP contribution in [0.1, 0.15) is 25.7 Å². The van der Waals surface area contributed by atoms with Crippen molar-refractivity contribution in [3.63, 3.8) is 0 Å². The molecule has 0 N–H and O–H groups in total. The first-order valence-corrected chi connectivity index (χ1v) is 7.73. The molecule has 0 aromatic rings. The summed E-state index contributed by atoms with van der Waals surface area (Å²) >= 11 is 37.9. The number of hydrogen-bond donors (Lipinski definition) is 0. The van der Waals surface area contributed by atoms with Crippen LogP contribution in [-0.2, 0) is 0 Å². The third-order valence-corrected chi connectivity index (χ3v) is 7.78. The second kappa shape index (κ2) is 5.38. The number of alkyl halides is 6. The molecule has 1 rings (SSSR count). The van der Waals surface area contributed by atoms with Crippen LogP contribution in [0.2, 0.25) is 0 Å². The van der Waals surface area contributed by atoms with E-state index in [0.29, 0.717) is 6.42 Å². The average Bonchev–Trinajstić information content (AvgIpc) is 2.11. The maximum absolute atomic E-state index is 6.12. The lowest BCUT2D eigenvalue weighted by atomic mass is 10.1. The molecule has 0 bridgehead atoms. The maximum atomic E-state index is 6.12. The van der Waals surface area contributed by atoms with Crippen LogP contribution in [0.15, 0.2) is 0 Å². The molecule has 7 heteroatoms. The summed E-state index contributed by atoms with van der Waals surface area (Å²) in [5.41, 5.74) is 0. The molecule has 1 aliphatic heterocycles. The molecule has 0 aromatic heterocycles. The molecule has 1 saturated heterocycles. The predicted molar refractivity (Wildman–Crippen MR) is 74.2 cm³/mol. The molecule has 0 nitrogen and oxygen atoms in total. The van der Waals surface area contributed by atoms with Gasteiger partial charge in [-0.05, 0) is 18.6 Å². The third kappa shape index (κ3) is 3.30. The fourth-order valence-electron chi connectivity index (χ4n) is 1.29. The van der Waals surface area contributed by atoms with Crippen molar-refractivity contribution >= 4 is 81.4 Å². The molecule has 90 valence electrons. The Balaban J connectivity index is 2.97. The van der Waals surface area contributed by atoms with E-state index in [0.717, 1.165) is 25.0 Å². The highest BCUT2D eigenvalue weighted by Gasteiger charge is 2.60. The summed E-state index contributed by atoms with van der Waals surface area (Å²) < 4.78 is -4.33. The van der Waals surface area contributed by atoms with E-state index in [-0.39, 0.29) is 0 Å². The van der Waals surface area contributed by atoms with E-state index in [1.807, 2.05) is 0 Å². The van der Waals surface area contributed by atoms with Gasteiger partial charge in [0.2, 0.25) is 0 Å². The van der Waals surface area contributed by atoms with E-state index >= 15 is 0 Å². The summed E-state index contributed by atoms with van der Waals surface area (Å²) in [4.78, 5) is 0. The number of hydrogen-bond acceptors (Lipinski definition) is 1. The van der Waals surface area contributed by atoms with Gasteiger partial charge in [0.05, 0.1) is 0 Å². The molecule has 1 aliphatic rings. The van der Waals surface area contributed by atoms with Gasteiger partial charge in [-0.25, -0.2) is 0 Å². The predicted octanol–water partition coefficient (Wildman–Crippen LogP) is 5.77. The first-order valence-electron chi connectivity index (χ1n) is 4.48. The van der Waals surface area contributed by atoms with E-state index < -0.39 is 12.3 Å². The summed E-state index contributed by atoms with van der Waals surface area (Å²) in [5, 5.41) is 0. The molecule has 15 heavy (non-hydrogen) atoms. The van der Waals surface area contributed by atoms with Gasteiger partial charge in [-0.2, -0.15) is 0 Å². The van der Waals surface area contributed by atoms with Crippen molar-refractivity contribution in [1.29, 1.82) is 0 Å². The van der Waals surface area contributed by atoms with Crippen molar-refractivity contribution in [3.05, 3.63) is 0 Å². The topological polar surface area (TPSA) is 0 Å². The zero-order valence-corrected chi connectivity index (χ0v) is 13.1. The third-order valence-electron chi connectivity index (χ3n) is 2.24. The lowest BCUT2D eigenvalue weighted by Crippen LogP contribution is -2.47.